The van der Waals surface area contributed by atoms with Crippen molar-refractivity contribution in [3.63, 3.8) is 0 Å². The molecule has 1 aromatic carbocycles. The largest absolute Gasteiger partial charge is 0.319 e. The Hall–Kier alpha value is -2.14. The van der Waals surface area contributed by atoms with Crippen LogP contribution in [0.4, 0.5) is 5.82 Å². The van der Waals surface area contributed by atoms with Crippen LogP contribution in [0.2, 0.25) is 0 Å². The SMILES string of the molecule is CNCCC(=O)Nc1cc(C(C)C)nn1-c1ccc(C)cc1. The van der Waals surface area contributed by atoms with Crippen LogP contribution in [-0.4, -0.2) is 29.3 Å². The molecule has 0 spiro atoms. The molecule has 0 radical (unpaired) electrons. The molecule has 118 valence electrons. The van der Waals surface area contributed by atoms with Crippen LogP contribution in [0.5, 0.6) is 0 Å². The van der Waals surface area contributed by atoms with Crippen molar-refractivity contribution in [2.75, 3.05) is 18.9 Å². The van der Waals surface area contributed by atoms with E-state index in [1.165, 1.54) is 5.56 Å². The minimum Gasteiger partial charge on any atom is -0.319 e. The van der Waals surface area contributed by atoms with E-state index in [4.69, 9.17) is 0 Å². The van der Waals surface area contributed by atoms with Gasteiger partial charge in [0.05, 0.1) is 11.4 Å². The maximum atomic E-state index is 12.0. The highest BCUT2D eigenvalue weighted by Gasteiger charge is 2.14. The quantitative estimate of drug-likeness (QED) is 0.862. The van der Waals surface area contributed by atoms with Gasteiger partial charge in [0.1, 0.15) is 5.82 Å². The second-order valence-electron chi connectivity index (χ2n) is 5.76. The summed E-state index contributed by atoms with van der Waals surface area (Å²) in [5.74, 6) is 1.01. The fraction of sp³-hybridized carbons (Fsp3) is 0.412. The Bertz CT molecular complexity index is 629. The maximum absolute atomic E-state index is 12.0. The number of aromatic nitrogens is 2. The molecule has 1 aromatic heterocycles. The van der Waals surface area contributed by atoms with Gasteiger partial charge in [-0.1, -0.05) is 31.5 Å². The summed E-state index contributed by atoms with van der Waals surface area (Å²) in [5.41, 5.74) is 3.10. The summed E-state index contributed by atoms with van der Waals surface area (Å²) in [6, 6.07) is 10.0. The number of hydrogen-bond acceptors (Lipinski definition) is 3. The Morgan fingerprint density at radius 3 is 2.55 bits per heavy atom. The molecule has 0 aliphatic carbocycles. The molecule has 0 aliphatic heterocycles. The Morgan fingerprint density at radius 2 is 1.95 bits per heavy atom. The average molecular weight is 300 g/mol. The highest BCUT2D eigenvalue weighted by atomic mass is 16.1. The number of nitrogens with zero attached hydrogens (tertiary/aromatic N) is 2. The molecule has 0 atom stereocenters. The van der Waals surface area contributed by atoms with E-state index in [1.807, 2.05) is 44.3 Å². The molecule has 5 nitrogen and oxygen atoms in total. The van der Waals surface area contributed by atoms with Crippen LogP contribution < -0.4 is 10.6 Å². The zero-order valence-corrected chi connectivity index (χ0v) is 13.7. The second-order valence-corrected chi connectivity index (χ2v) is 5.76. The van der Waals surface area contributed by atoms with Gasteiger partial charge in [-0.25, -0.2) is 4.68 Å². The summed E-state index contributed by atoms with van der Waals surface area (Å²) in [4.78, 5) is 12.0. The first kappa shape index (κ1) is 16.2. The molecule has 1 amide bonds. The lowest BCUT2D eigenvalue weighted by molar-refractivity contribution is -0.116. The smallest absolute Gasteiger partial charge is 0.226 e. The summed E-state index contributed by atoms with van der Waals surface area (Å²) < 4.78 is 1.80. The Labute approximate surface area is 131 Å². The van der Waals surface area contributed by atoms with Gasteiger partial charge in [-0.3, -0.25) is 4.79 Å². The van der Waals surface area contributed by atoms with Gasteiger partial charge in [-0.05, 0) is 32.0 Å². The van der Waals surface area contributed by atoms with E-state index >= 15 is 0 Å². The predicted octanol–water partition coefficient (Wildman–Crippen LogP) is 2.85. The molecule has 0 saturated carbocycles. The second kappa shape index (κ2) is 7.22. The Kier molecular flexibility index (Phi) is 5.33. The van der Waals surface area contributed by atoms with Crippen LogP contribution in [0.25, 0.3) is 5.69 Å². The first-order chi connectivity index (χ1) is 10.5. The summed E-state index contributed by atoms with van der Waals surface area (Å²) in [6.07, 6.45) is 0.437. The molecule has 0 unspecified atom stereocenters. The van der Waals surface area contributed by atoms with E-state index in [-0.39, 0.29) is 5.91 Å². The van der Waals surface area contributed by atoms with Crippen molar-refractivity contribution in [2.45, 2.75) is 33.1 Å². The highest BCUT2D eigenvalue weighted by molar-refractivity contribution is 5.90. The van der Waals surface area contributed by atoms with E-state index in [1.54, 1.807) is 4.68 Å². The van der Waals surface area contributed by atoms with Crippen molar-refractivity contribution in [2.24, 2.45) is 0 Å². The van der Waals surface area contributed by atoms with Crippen LogP contribution in [0, 0.1) is 6.92 Å². The van der Waals surface area contributed by atoms with E-state index in [0.717, 1.165) is 11.4 Å². The van der Waals surface area contributed by atoms with Gasteiger partial charge in [-0.15, -0.1) is 0 Å². The van der Waals surface area contributed by atoms with Crippen molar-refractivity contribution in [3.05, 3.63) is 41.6 Å². The fourth-order valence-electron chi connectivity index (χ4n) is 2.10. The molecule has 0 fully saturated rings. The predicted molar refractivity (Wildman–Crippen MR) is 89.6 cm³/mol. The van der Waals surface area contributed by atoms with Crippen molar-refractivity contribution in [1.82, 2.24) is 15.1 Å². The maximum Gasteiger partial charge on any atom is 0.226 e. The third kappa shape index (κ3) is 3.95. The van der Waals surface area contributed by atoms with Gasteiger partial charge in [0.15, 0.2) is 0 Å². The van der Waals surface area contributed by atoms with E-state index in [2.05, 4.69) is 29.6 Å². The lowest BCUT2D eigenvalue weighted by Crippen LogP contribution is -2.20. The number of aryl methyl sites for hydroxylation is 1. The topological polar surface area (TPSA) is 59.0 Å². The molecule has 0 bridgehead atoms. The number of carbonyl (C=O) groups excluding carboxylic acids is 1. The average Bonchev–Trinajstić information content (AvgIpc) is 2.90. The lowest BCUT2D eigenvalue weighted by Gasteiger charge is -2.09. The van der Waals surface area contributed by atoms with Gasteiger partial charge in [-0.2, -0.15) is 5.10 Å². The summed E-state index contributed by atoms with van der Waals surface area (Å²) in [6.45, 7) is 6.89. The molecule has 5 heteroatoms. The normalized spacial score (nSPS) is 11.0. The van der Waals surface area contributed by atoms with E-state index in [0.29, 0.717) is 24.7 Å². The van der Waals surface area contributed by atoms with Crippen LogP contribution >= 0.6 is 0 Å². The van der Waals surface area contributed by atoms with Crippen molar-refractivity contribution >= 4 is 11.7 Å². The van der Waals surface area contributed by atoms with Gasteiger partial charge >= 0.3 is 0 Å². The molecular formula is C17H24N4O. The van der Waals surface area contributed by atoms with E-state index < -0.39 is 0 Å². The number of anilines is 1. The Balaban J connectivity index is 2.30. The standard InChI is InChI=1S/C17H24N4O/c1-12(2)15-11-16(19-17(22)9-10-18-4)21(20-15)14-7-5-13(3)6-8-14/h5-8,11-12,18H,9-10H2,1-4H3,(H,19,22). The fourth-order valence-corrected chi connectivity index (χ4v) is 2.10. The van der Waals surface area contributed by atoms with Crippen LogP contribution in [0.1, 0.15) is 37.4 Å². The summed E-state index contributed by atoms with van der Waals surface area (Å²) >= 11 is 0. The van der Waals surface area contributed by atoms with Gasteiger partial charge in [0, 0.05) is 19.0 Å². The zero-order valence-electron chi connectivity index (χ0n) is 13.7. The molecule has 2 aromatic rings. The molecule has 2 rings (SSSR count). The molecular weight excluding hydrogens is 276 g/mol. The van der Waals surface area contributed by atoms with Crippen molar-refractivity contribution in [3.8, 4) is 5.69 Å². The Morgan fingerprint density at radius 1 is 1.27 bits per heavy atom. The molecule has 1 heterocycles. The number of amides is 1. The zero-order chi connectivity index (χ0) is 16.1. The minimum absolute atomic E-state index is 0.0158. The van der Waals surface area contributed by atoms with Crippen molar-refractivity contribution < 1.29 is 4.79 Å². The third-order valence-corrected chi connectivity index (χ3v) is 3.47. The first-order valence-electron chi connectivity index (χ1n) is 7.62. The number of benzene rings is 1. The summed E-state index contributed by atoms with van der Waals surface area (Å²) in [5, 5.41) is 10.6. The number of nitrogens with one attached hydrogen (secondary N) is 2. The van der Waals surface area contributed by atoms with E-state index in [9.17, 15) is 4.79 Å². The van der Waals surface area contributed by atoms with Gasteiger partial charge in [0.25, 0.3) is 0 Å². The van der Waals surface area contributed by atoms with Gasteiger partial charge in [0.2, 0.25) is 5.91 Å². The minimum atomic E-state index is -0.0158. The number of hydrogen-bond donors (Lipinski definition) is 2. The molecule has 2 N–H and O–H groups in total. The molecule has 0 aliphatic rings. The van der Waals surface area contributed by atoms with Crippen LogP contribution in [0.15, 0.2) is 30.3 Å². The highest BCUT2D eigenvalue weighted by Crippen LogP contribution is 2.22. The van der Waals surface area contributed by atoms with Crippen molar-refractivity contribution in [1.29, 1.82) is 0 Å². The monoisotopic (exact) mass is 300 g/mol. The lowest BCUT2D eigenvalue weighted by atomic mass is 10.1. The molecule has 0 saturated heterocycles. The molecule has 22 heavy (non-hydrogen) atoms. The van der Waals surface area contributed by atoms with Crippen LogP contribution in [0.3, 0.4) is 0 Å². The van der Waals surface area contributed by atoms with Crippen LogP contribution in [-0.2, 0) is 4.79 Å². The number of rotatable bonds is 6. The first-order valence-corrected chi connectivity index (χ1v) is 7.62. The van der Waals surface area contributed by atoms with Gasteiger partial charge < -0.3 is 10.6 Å². The third-order valence-electron chi connectivity index (χ3n) is 3.47. The summed E-state index contributed by atoms with van der Waals surface area (Å²) in [7, 11) is 1.83. The number of carbonyl (C=O) groups is 1.